The smallest absolute Gasteiger partial charge is 0.134 e. The molecule has 0 amide bonds. The molecule has 0 aliphatic rings. The van der Waals surface area contributed by atoms with Gasteiger partial charge >= 0.3 is 0 Å². The van der Waals surface area contributed by atoms with E-state index in [4.69, 9.17) is 5.73 Å². The predicted molar refractivity (Wildman–Crippen MR) is 63.6 cm³/mol. The second-order valence-electron chi connectivity index (χ2n) is 4.91. The molecule has 90 valence electrons. The molecule has 17 heavy (non-hydrogen) atoms. The molecular weight excluding hydrogens is 222 g/mol. The molecule has 0 unspecified atom stereocenters. The summed E-state index contributed by atoms with van der Waals surface area (Å²) in [6.45, 7) is 3.70. The summed E-state index contributed by atoms with van der Waals surface area (Å²) >= 11 is 0. The number of hydrogen-bond acceptors (Lipinski definition) is 2. The first kappa shape index (κ1) is 11.9. The van der Waals surface area contributed by atoms with Crippen molar-refractivity contribution in [2.24, 2.45) is 5.73 Å². The molecule has 0 aliphatic heterocycles. The van der Waals surface area contributed by atoms with Crippen LogP contribution in [0.1, 0.15) is 19.5 Å². The standard InChI is InChI=1S/C13H14F2N2/c1-13(2,16)7-12-10-5-8(14)6-11(15)9(10)3-4-17-12/h3-6H,7,16H2,1-2H3. The van der Waals surface area contributed by atoms with Gasteiger partial charge in [0.05, 0.1) is 5.69 Å². The Balaban J connectivity index is 2.64. The summed E-state index contributed by atoms with van der Waals surface area (Å²) in [6, 6.07) is 3.71. The lowest BCUT2D eigenvalue weighted by molar-refractivity contribution is 0.512. The summed E-state index contributed by atoms with van der Waals surface area (Å²) < 4.78 is 26.8. The highest BCUT2D eigenvalue weighted by Gasteiger charge is 2.16. The van der Waals surface area contributed by atoms with Crippen molar-refractivity contribution < 1.29 is 8.78 Å². The molecule has 2 nitrogen and oxygen atoms in total. The van der Waals surface area contributed by atoms with Gasteiger partial charge in [-0.15, -0.1) is 0 Å². The zero-order chi connectivity index (χ0) is 12.6. The number of fused-ring (bicyclic) bond motifs is 1. The minimum absolute atomic E-state index is 0.376. The van der Waals surface area contributed by atoms with Crippen LogP contribution >= 0.6 is 0 Å². The van der Waals surface area contributed by atoms with Crippen molar-refractivity contribution in [3.05, 3.63) is 41.7 Å². The number of nitrogens with two attached hydrogens (primary N) is 1. The minimum atomic E-state index is -0.598. The molecule has 2 rings (SSSR count). The van der Waals surface area contributed by atoms with Crippen molar-refractivity contribution in [2.75, 3.05) is 0 Å². The Bertz CT molecular complexity index is 559. The Hall–Kier alpha value is -1.55. The first-order valence-corrected chi connectivity index (χ1v) is 5.38. The van der Waals surface area contributed by atoms with E-state index in [2.05, 4.69) is 4.98 Å². The average molecular weight is 236 g/mol. The van der Waals surface area contributed by atoms with Gasteiger partial charge in [-0.1, -0.05) is 0 Å². The minimum Gasteiger partial charge on any atom is -0.325 e. The van der Waals surface area contributed by atoms with Gasteiger partial charge in [0.1, 0.15) is 11.6 Å². The molecule has 0 saturated heterocycles. The zero-order valence-corrected chi connectivity index (χ0v) is 9.80. The molecular formula is C13H14F2N2. The fourth-order valence-electron chi connectivity index (χ4n) is 1.84. The lowest BCUT2D eigenvalue weighted by Crippen LogP contribution is -2.34. The van der Waals surface area contributed by atoms with Gasteiger partial charge in [-0.2, -0.15) is 0 Å². The summed E-state index contributed by atoms with van der Waals surface area (Å²) in [5.41, 5.74) is 6.06. The molecule has 2 aromatic rings. The van der Waals surface area contributed by atoms with E-state index < -0.39 is 17.2 Å². The summed E-state index contributed by atoms with van der Waals surface area (Å²) in [7, 11) is 0. The van der Waals surface area contributed by atoms with E-state index >= 15 is 0 Å². The Morgan fingerprint density at radius 1 is 1.24 bits per heavy atom. The van der Waals surface area contributed by atoms with Gasteiger partial charge in [-0.25, -0.2) is 8.78 Å². The average Bonchev–Trinajstić information content (AvgIpc) is 2.17. The third-order valence-corrected chi connectivity index (χ3v) is 2.50. The van der Waals surface area contributed by atoms with E-state index in [0.717, 1.165) is 6.07 Å². The topological polar surface area (TPSA) is 38.9 Å². The fraction of sp³-hybridized carbons (Fsp3) is 0.308. The number of halogens is 2. The zero-order valence-electron chi connectivity index (χ0n) is 9.80. The van der Waals surface area contributed by atoms with Gasteiger partial charge in [0.15, 0.2) is 0 Å². The van der Waals surface area contributed by atoms with Crippen molar-refractivity contribution in [3.8, 4) is 0 Å². The molecule has 0 spiro atoms. The van der Waals surface area contributed by atoms with Crippen LogP contribution < -0.4 is 5.73 Å². The van der Waals surface area contributed by atoms with E-state index in [0.29, 0.717) is 22.9 Å². The molecule has 1 heterocycles. The van der Waals surface area contributed by atoms with Crippen LogP contribution in [0.4, 0.5) is 8.78 Å². The van der Waals surface area contributed by atoms with Crippen LogP contribution in [0.25, 0.3) is 10.8 Å². The maximum absolute atomic E-state index is 13.6. The summed E-state index contributed by atoms with van der Waals surface area (Å²) in [5, 5.41) is 0.865. The number of rotatable bonds is 2. The molecule has 0 aliphatic carbocycles. The Morgan fingerprint density at radius 2 is 1.94 bits per heavy atom. The lowest BCUT2D eigenvalue weighted by atomic mass is 9.96. The molecule has 0 atom stereocenters. The first-order chi connectivity index (χ1) is 7.87. The first-order valence-electron chi connectivity index (χ1n) is 5.38. The highest BCUT2D eigenvalue weighted by atomic mass is 19.1. The van der Waals surface area contributed by atoms with Gasteiger partial charge in [0.25, 0.3) is 0 Å². The van der Waals surface area contributed by atoms with Gasteiger partial charge in [-0.3, -0.25) is 4.98 Å². The van der Waals surface area contributed by atoms with E-state index in [9.17, 15) is 8.78 Å². The van der Waals surface area contributed by atoms with Crippen LogP contribution in [-0.4, -0.2) is 10.5 Å². The van der Waals surface area contributed by atoms with Crippen molar-refractivity contribution in [3.63, 3.8) is 0 Å². The Kier molecular flexibility index (Phi) is 2.83. The molecule has 0 saturated carbocycles. The van der Waals surface area contributed by atoms with E-state index in [1.165, 1.54) is 18.3 Å². The monoisotopic (exact) mass is 236 g/mol. The largest absolute Gasteiger partial charge is 0.325 e. The number of hydrogen-bond donors (Lipinski definition) is 1. The Labute approximate surface area is 98.5 Å². The van der Waals surface area contributed by atoms with Crippen LogP contribution in [0.5, 0.6) is 0 Å². The fourth-order valence-corrected chi connectivity index (χ4v) is 1.84. The van der Waals surface area contributed by atoms with Gasteiger partial charge in [-0.05, 0) is 26.0 Å². The number of aromatic nitrogens is 1. The quantitative estimate of drug-likeness (QED) is 0.870. The van der Waals surface area contributed by atoms with Crippen LogP contribution in [0, 0.1) is 11.6 Å². The van der Waals surface area contributed by atoms with Crippen molar-refractivity contribution in [2.45, 2.75) is 25.8 Å². The second kappa shape index (κ2) is 4.04. The second-order valence-corrected chi connectivity index (χ2v) is 4.91. The maximum Gasteiger partial charge on any atom is 0.134 e. The molecule has 2 N–H and O–H groups in total. The van der Waals surface area contributed by atoms with Crippen LogP contribution in [0.2, 0.25) is 0 Å². The molecule has 4 heteroatoms. The van der Waals surface area contributed by atoms with Crippen molar-refractivity contribution >= 4 is 10.8 Å². The van der Waals surface area contributed by atoms with Crippen LogP contribution in [0.15, 0.2) is 24.4 Å². The van der Waals surface area contributed by atoms with E-state index in [1.54, 1.807) is 0 Å². The Morgan fingerprint density at radius 3 is 2.59 bits per heavy atom. The van der Waals surface area contributed by atoms with Crippen molar-refractivity contribution in [1.82, 2.24) is 4.98 Å². The van der Waals surface area contributed by atoms with E-state index in [-0.39, 0.29) is 0 Å². The summed E-state index contributed by atoms with van der Waals surface area (Å²) in [4.78, 5) is 4.16. The van der Waals surface area contributed by atoms with Crippen molar-refractivity contribution in [1.29, 1.82) is 0 Å². The third-order valence-electron chi connectivity index (χ3n) is 2.50. The van der Waals surface area contributed by atoms with Crippen LogP contribution in [0.3, 0.4) is 0 Å². The third kappa shape index (κ3) is 2.58. The number of nitrogens with zero attached hydrogens (tertiary/aromatic N) is 1. The summed E-state index contributed by atoms with van der Waals surface area (Å²) in [5.74, 6) is -1.17. The molecule has 0 fully saturated rings. The highest BCUT2D eigenvalue weighted by molar-refractivity contribution is 5.85. The molecule has 1 aromatic heterocycles. The summed E-state index contributed by atoms with van der Waals surface area (Å²) in [6.07, 6.45) is 1.98. The predicted octanol–water partition coefficient (Wildman–Crippen LogP) is 2.79. The van der Waals surface area contributed by atoms with E-state index in [1.807, 2.05) is 13.8 Å². The SMILES string of the molecule is CC(C)(N)Cc1nccc2c(F)cc(F)cc12. The normalized spacial score (nSPS) is 12.1. The van der Waals surface area contributed by atoms with Gasteiger partial charge in [0, 0.05) is 35.0 Å². The maximum atomic E-state index is 13.6. The van der Waals surface area contributed by atoms with Gasteiger partial charge < -0.3 is 5.73 Å². The van der Waals surface area contributed by atoms with Gasteiger partial charge in [0.2, 0.25) is 0 Å². The molecule has 0 bridgehead atoms. The number of pyridine rings is 1. The molecule has 0 radical (unpaired) electrons. The molecule has 1 aromatic carbocycles. The lowest BCUT2D eigenvalue weighted by Gasteiger charge is -2.18. The van der Waals surface area contributed by atoms with Crippen LogP contribution in [-0.2, 0) is 6.42 Å². The highest BCUT2D eigenvalue weighted by Crippen LogP contribution is 2.23. The number of benzene rings is 1.